The molecule has 1 fully saturated rings. The fourth-order valence-corrected chi connectivity index (χ4v) is 3.21. The Balaban J connectivity index is 1.48. The molecular weight excluding hydrogens is 358 g/mol. The number of fused-ring (bicyclic) bond motifs is 1. The van der Waals surface area contributed by atoms with Crippen molar-refractivity contribution in [2.24, 2.45) is 0 Å². The second-order valence-corrected chi connectivity index (χ2v) is 6.66. The van der Waals surface area contributed by atoms with Crippen molar-refractivity contribution in [2.75, 3.05) is 31.2 Å². The van der Waals surface area contributed by atoms with Crippen molar-refractivity contribution >= 4 is 22.6 Å². The number of carbonyl (C=O) groups is 1. The maximum absolute atomic E-state index is 12.5. The number of ether oxygens (including phenoxy) is 2. The van der Waals surface area contributed by atoms with Crippen LogP contribution < -0.4 is 10.5 Å². The number of aromatic amines is 1. The van der Waals surface area contributed by atoms with Gasteiger partial charge < -0.3 is 19.4 Å². The molecule has 7 heteroatoms. The molecule has 0 bridgehead atoms. The number of morpholine rings is 1. The Hall–Kier alpha value is -3.19. The molecular formula is C21H21N3O4. The smallest absolute Gasteiger partial charge is 0.338 e. The van der Waals surface area contributed by atoms with E-state index in [0.717, 1.165) is 18.8 Å². The van der Waals surface area contributed by atoms with Crippen LogP contribution in [0.5, 0.6) is 0 Å². The van der Waals surface area contributed by atoms with E-state index < -0.39 is 12.1 Å². The zero-order chi connectivity index (χ0) is 19.5. The van der Waals surface area contributed by atoms with Gasteiger partial charge in [0.1, 0.15) is 0 Å². The summed E-state index contributed by atoms with van der Waals surface area (Å²) >= 11 is 0. The predicted molar refractivity (Wildman–Crippen MR) is 106 cm³/mol. The third-order valence-corrected chi connectivity index (χ3v) is 4.78. The summed E-state index contributed by atoms with van der Waals surface area (Å²) < 4.78 is 10.9. The van der Waals surface area contributed by atoms with Gasteiger partial charge in [0.15, 0.2) is 11.9 Å². The van der Waals surface area contributed by atoms with E-state index in [4.69, 9.17) is 9.47 Å². The number of para-hydroxylation sites is 1. The summed E-state index contributed by atoms with van der Waals surface area (Å²) in [5, 5.41) is 0.503. The molecule has 0 aliphatic carbocycles. The Morgan fingerprint density at radius 1 is 1.14 bits per heavy atom. The number of rotatable bonds is 4. The number of hydrogen-bond acceptors (Lipinski definition) is 6. The summed E-state index contributed by atoms with van der Waals surface area (Å²) in [6.45, 7) is 4.77. The van der Waals surface area contributed by atoms with Gasteiger partial charge >= 0.3 is 5.97 Å². The molecule has 2 heterocycles. The van der Waals surface area contributed by atoms with Crippen LogP contribution in [0.25, 0.3) is 10.9 Å². The topological polar surface area (TPSA) is 84.5 Å². The van der Waals surface area contributed by atoms with Crippen LogP contribution in [-0.4, -0.2) is 42.2 Å². The first-order valence-electron chi connectivity index (χ1n) is 9.24. The molecule has 1 saturated heterocycles. The lowest BCUT2D eigenvalue weighted by atomic mass is 10.2. The van der Waals surface area contributed by atoms with E-state index in [1.165, 1.54) is 0 Å². The van der Waals surface area contributed by atoms with E-state index in [1.54, 1.807) is 37.3 Å². The van der Waals surface area contributed by atoms with Crippen molar-refractivity contribution in [1.29, 1.82) is 0 Å². The molecule has 0 amide bonds. The molecule has 1 aromatic heterocycles. The van der Waals surface area contributed by atoms with Crippen LogP contribution in [-0.2, 0) is 9.47 Å². The zero-order valence-electron chi connectivity index (χ0n) is 15.6. The number of benzene rings is 2. The molecule has 0 unspecified atom stereocenters. The second kappa shape index (κ2) is 7.82. The monoisotopic (exact) mass is 379 g/mol. The van der Waals surface area contributed by atoms with Gasteiger partial charge in [0, 0.05) is 18.8 Å². The van der Waals surface area contributed by atoms with Gasteiger partial charge in [-0.25, -0.2) is 9.78 Å². The lowest BCUT2D eigenvalue weighted by Gasteiger charge is -2.28. The van der Waals surface area contributed by atoms with E-state index in [2.05, 4.69) is 14.9 Å². The van der Waals surface area contributed by atoms with Gasteiger partial charge in [-0.15, -0.1) is 0 Å². The molecule has 3 aromatic rings. The van der Waals surface area contributed by atoms with E-state index >= 15 is 0 Å². The van der Waals surface area contributed by atoms with Gasteiger partial charge in [0.05, 0.1) is 29.7 Å². The number of esters is 1. The van der Waals surface area contributed by atoms with Gasteiger partial charge in [-0.1, -0.05) is 12.1 Å². The molecule has 0 saturated carbocycles. The van der Waals surface area contributed by atoms with Crippen LogP contribution in [0.1, 0.15) is 29.2 Å². The van der Waals surface area contributed by atoms with Crippen LogP contribution in [0.4, 0.5) is 5.69 Å². The van der Waals surface area contributed by atoms with Crippen molar-refractivity contribution in [3.05, 3.63) is 70.3 Å². The van der Waals surface area contributed by atoms with E-state index in [-0.39, 0.29) is 5.56 Å². The van der Waals surface area contributed by atoms with E-state index in [1.807, 2.05) is 18.2 Å². The average molecular weight is 379 g/mol. The maximum atomic E-state index is 12.5. The SMILES string of the molecule is C[C@@H](OC(=O)c1ccc(N2CCOCC2)cc1)c1nc2ccccc2c(=O)[nH]1. The fraction of sp³-hybridized carbons (Fsp3) is 0.286. The normalized spacial score (nSPS) is 15.4. The Morgan fingerprint density at radius 3 is 2.61 bits per heavy atom. The molecule has 2 aromatic carbocycles. The first-order chi connectivity index (χ1) is 13.6. The Bertz CT molecular complexity index is 1040. The molecule has 7 nitrogen and oxygen atoms in total. The molecule has 0 spiro atoms. The number of carbonyl (C=O) groups excluding carboxylic acids is 1. The van der Waals surface area contributed by atoms with Crippen molar-refractivity contribution in [3.8, 4) is 0 Å². The van der Waals surface area contributed by atoms with Crippen LogP contribution in [0, 0.1) is 0 Å². The summed E-state index contributed by atoms with van der Waals surface area (Å²) in [5.41, 5.74) is 1.82. The molecule has 4 rings (SSSR count). The van der Waals surface area contributed by atoms with Crippen molar-refractivity contribution < 1.29 is 14.3 Å². The standard InChI is InChI=1S/C21H21N3O4/c1-14(19-22-18-5-3-2-4-17(18)20(25)23-19)28-21(26)15-6-8-16(9-7-15)24-10-12-27-13-11-24/h2-9,14H,10-13H2,1H3,(H,22,23,25)/t14-/m1/s1. The Morgan fingerprint density at radius 2 is 1.86 bits per heavy atom. The molecule has 1 aliphatic heterocycles. The van der Waals surface area contributed by atoms with Crippen molar-refractivity contribution in [2.45, 2.75) is 13.0 Å². The maximum Gasteiger partial charge on any atom is 0.338 e. The lowest BCUT2D eigenvalue weighted by Crippen LogP contribution is -2.36. The van der Waals surface area contributed by atoms with Gasteiger partial charge in [0.25, 0.3) is 5.56 Å². The van der Waals surface area contributed by atoms with Crippen molar-refractivity contribution in [3.63, 3.8) is 0 Å². The number of anilines is 1. The number of H-pyrrole nitrogens is 1. The fourth-order valence-electron chi connectivity index (χ4n) is 3.21. The first-order valence-corrected chi connectivity index (χ1v) is 9.24. The molecule has 0 radical (unpaired) electrons. The highest BCUT2D eigenvalue weighted by Crippen LogP contribution is 2.20. The number of nitrogens with one attached hydrogen (secondary N) is 1. The van der Waals surface area contributed by atoms with Gasteiger partial charge in [0.2, 0.25) is 0 Å². The average Bonchev–Trinajstić information content (AvgIpc) is 2.74. The third-order valence-electron chi connectivity index (χ3n) is 4.78. The van der Waals surface area contributed by atoms with Gasteiger partial charge in [-0.05, 0) is 43.3 Å². The largest absolute Gasteiger partial charge is 0.451 e. The highest BCUT2D eigenvalue weighted by molar-refractivity contribution is 5.90. The Kier molecular flexibility index (Phi) is 5.08. The van der Waals surface area contributed by atoms with Crippen LogP contribution in [0.2, 0.25) is 0 Å². The Labute approximate surface area is 161 Å². The summed E-state index contributed by atoms with van der Waals surface area (Å²) in [4.78, 5) is 34.0. The summed E-state index contributed by atoms with van der Waals surface area (Å²) in [6, 6.07) is 14.4. The minimum atomic E-state index is -0.677. The predicted octanol–water partition coefficient (Wildman–Crippen LogP) is 2.68. The number of hydrogen-bond donors (Lipinski definition) is 1. The molecule has 1 N–H and O–H groups in total. The summed E-state index contributed by atoms with van der Waals surface area (Å²) in [5.74, 6) is -0.140. The van der Waals surface area contributed by atoms with E-state index in [9.17, 15) is 9.59 Å². The minimum Gasteiger partial charge on any atom is -0.451 e. The number of nitrogens with zero attached hydrogens (tertiary/aromatic N) is 2. The second-order valence-electron chi connectivity index (χ2n) is 6.66. The lowest BCUT2D eigenvalue weighted by molar-refractivity contribution is 0.0320. The molecule has 1 atom stereocenters. The summed E-state index contributed by atoms with van der Waals surface area (Å²) in [6.07, 6.45) is -0.677. The summed E-state index contributed by atoms with van der Waals surface area (Å²) in [7, 11) is 0. The third kappa shape index (κ3) is 3.75. The van der Waals surface area contributed by atoms with Gasteiger partial charge in [-0.3, -0.25) is 4.79 Å². The number of aromatic nitrogens is 2. The highest BCUT2D eigenvalue weighted by atomic mass is 16.5. The van der Waals surface area contributed by atoms with E-state index in [0.29, 0.717) is 35.5 Å². The van der Waals surface area contributed by atoms with Crippen LogP contribution >= 0.6 is 0 Å². The molecule has 28 heavy (non-hydrogen) atoms. The van der Waals surface area contributed by atoms with Gasteiger partial charge in [-0.2, -0.15) is 0 Å². The van der Waals surface area contributed by atoms with Crippen LogP contribution in [0.15, 0.2) is 53.3 Å². The van der Waals surface area contributed by atoms with Crippen molar-refractivity contribution in [1.82, 2.24) is 9.97 Å². The molecule has 1 aliphatic rings. The highest BCUT2D eigenvalue weighted by Gasteiger charge is 2.18. The quantitative estimate of drug-likeness (QED) is 0.702. The first kappa shape index (κ1) is 18.2. The minimum absolute atomic E-state index is 0.252. The van der Waals surface area contributed by atoms with Crippen LogP contribution in [0.3, 0.4) is 0 Å². The zero-order valence-corrected chi connectivity index (χ0v) is 15.6. The molecule has 144 valence electrons.